The van der Waals surface area contributed by atoms with E-state index in [1.807, 2.05) is 43.3 Å². The number of rotatable bonds is 2. The van der Waals surface area contributed by atoms with E-state index >= 15 is 0 Å². The van der Waals surface area contributed by atoms with Crippen molar-refractivity contribution in [3.8, 4) is 11.1 Å². The molecule has 0 aliphatic heterocycles. The van der Waals surface area contributed by atoms with Crippen LogP contribution in [0.15, 0.2) is 36.4 Å². The highest BCUT2D eigenvalue weighted by molar-refractivity contribution is 6.30. The van der Waals surface area contributed by atoms with Crippen LogP contribution in [-0.2, 0) is 6.54 Å². The molecule has 0 saturated heterocycles. The lowest BCUT2D eigenvalue weighted by molar-refractivity contribution is 0.973. The molecule has 1 heterocycles. The van der Waals surface area contributed by atoms with E-state index in [1.165, 1.54) is 0 Å². The van der Waals surface area contributed by atoms with E-state index in [9.17, 15) is 0 Å². The summed E-state index contributed by atoms with van der Waals surface area (Å²) in [4.78, 5) is 4.43. The molecular formula is C13H13ClN2. The van der Waals surface area contributed by atoms with Crippen molar-refractivity contribution in [3.05, 3.63) is 52.8 Å². The third kappa shape index (κ3) is 2.23. The van der Waals surface area contributed by atoms with E-state index in [4.69, 9.17) is 17.3 Å². The Morgan fingerprint density at radius 2 is 1.81 bits per heavy atom. The minimum Gasteiger partial charge on any atom is -0.325 e. The van der Waals surface area contributed by atoms with Crippen LogP contribution in [0, 0.1) is 6.92 Å². The van der Waals surface area contributed by atoms with Gasteiger partial charge in [-0.3, -0.25) is 4.98 Å². The van der Waals surface area contributed by atoms with Crippen molar-refractivity contribution in [1.29, 1.82) is 0 Å². The molecule has 2 rings (SSSR count). The molecule has 82 valence electrons. The normalized spacial score (nSPS) is 10.4. The number of pyridine rings is 1. The second kappa shape index (κ2) is 4.64. The summed E-state index contributed by atoms with van der Waals surface area (Å²) in [7, 11) is 0. The van der Waals surface area contributed by atoms with E-state index in [2.05, 4.69) is 4.98 Å². The van der Waals surface area contributed by atoms with Crippen molar-refractivity contribution < 1.29 is 0 Å². The molecule has 1 aromatic heterocycles. The predicted octanol–water partition coefficient (Wildman–Crippen LogP) is 3.17. The van der Waals surface area contributed by atoms with Gasteiger partial charge in [-0.2, -0.15) is 0 Å². The Morgan fingerprint density at radius 1 is 1.12 bits per heavy atom. The van der Waals surface area contributed by atoms with Gasteiger partial charge in [0, 0.05) is 22.8 Å². The minimum absolute atomic E-state index is 0.444. The Morgan fingerprint density at radius 3 is 2.44 bits per heavy atom. The molecule has 2 N–H and O–H groups in total. The molecule has 2 aromatic rings. The molecule has 0 spiro atoms. The molecule has 0 amide bonds. The van der Waals surface area contributed by atoms with E-state index in [0.29, 0.717) is 6.54 Å². The van der Waals surface area contributed by atoms with Gasteiger partial charge >= 0.3 is 0 Å². The Labute approximate surface area is 100 Å². The second-order valence-electron chi connectivity index (χ2n) is 3.66. The van der Waals surface area contributed by atoms with Gasteiger partial charge in [-0.05, 0) is 30.7 Å². The molecule has 1 aromatic carbocycles. The molecule has 0 atom stereocenters. The van der Waals surface area contributed by atoms with Crippen molar-refractivity contribution in [1.82, 2.24) is 4.98 Å². The monoisotopic (exact) mass is 232 g/mol. The van der Waals surface area contributed by atoms with Crippen LogP contribution in [-0.4, -0.2) is 4.98 Å². The van der Waals surface area contributed by atoms with Crippen molar-refractivity contribution >= 4 is 11.6 Å². The van der Waals surface area contributed by atoms with Crippen LogP contribution in [0.3, 0.4) is 0 Å². The third-order valence-electron chi connectivity index (χ3n) is 2.46. The quantitative estimate of drug-likeness (QED) is 0.864. The van der Waals surface area contributed by atoms with Crippen LogP contribution in [0.5, 0.6) is 0 Å². The molecule has 0 radical (unpaired) electrons. The Hall–Kier alpha value is -1.38. The third-order valence-corrected chi connectivity index (χ3v) is 2.71. The number of nitrogens with zero attached hydrogens (tertiary/aromatic N) is 1. The van der Waals surface area contributed by atoms with Crippen LogP contribution >= 0.6 is 11.6 Å². The van der Waals surface area contributed by atoms with Gasteiger partial charge in [0.25, 0.3) is 0 Å². The molecule has 3 heteroatoms. The summed E-state index contributed by atoms with van der Waals surface area (Å²) in [6.07, 6.45) is 0. The fraction of sp³-hybridized carbons (Fsp3) is 0.154. The fourth-order valence-corrected chi connectivity index (χ4v) is 1.78. The minimum atomic E-state index is 0.444. The summed E-state index contributed by atoms with van der Waals surface area (Å²) < 4.78 is 0. The van der Waals surface area contributed by atoms with Crippen molar-refractivity contribution in [2.45, 2.75) is 13.5 Å². The molecular weight excluding hydrogens is 220 g/mol. The number of aromatic nitrogens is 1. The van der Waals surface area contributed by atoms with E-state index in [1.54, 1.807) is 0 Å². The lowest BCUT2D eigenvalue weighted by Gasteiger charge is -2.08. The van der Waals surface area contributed by atoms with Gasteiger partial charge < -0.3 is 5.73 Å². The summed E-state index contributed by atoms with van der Waals surface area (Å²) in [5.41, 5.74) is 9.77. The van der Waals surface area contributed by atoms with Crippen LogP contribution in [0.25, 0.3) is 11.1 Å². The number of benzene rings is 1. The highest BCUT2D eigenvalue weighted by atomic mass is 35.5. The van der Waals surface area contributed by atoms with Gasteiger partial charge in [0.1, 0.15) is 0 Å². The zero-order chi connectivity index (χ0) is 11.5. The summed E-state index contributed by atoms with van der Waals surface area (Å²) in [6.45, 7) is 2.41. The Bertz CT molecular complexity index is 492. The fourth-order valence-electron chi connectivity index (χ4n) is 1.66. The first kappa shape index (κ1) is 11.1. The van der Waals surface area contributed by atoms with Crippen LogP contribution in [0.4, 0.5) is 0 Å². The number of aryl methyl sites for hydroxylation is 1. The topological polar surface area (TPSA) is 38.9 Å². The number of hydrogen-bond acceptors (Lipinski definition) is 2. The highest BCUT2D eigenvalue weighted by Crippen LogP contribution is 2.24. The number of hydrogen-bond donors (Lipinski definition) is 1. The van der Waals surface area contributed by atoms with Gasteiger partial charge in [0.15, 0.2) is 0 Å². The highest BCUT2D eigenvalue weighted by Gasteiger charge is 2.05. The number of nitrogens with two attached hydrogens (primary N) is 1. The van der Waals surface area contributed by atoms with E-state index in [0.717, 1.165) is 27.5 Å². The molecule has 2 nitrogen and oxygen atoms in total. The summed E-state index contributed by atoms with van der Waals surface area (Å²) in [5.74, 6) is 0. The lowest BCUT2D eigenvalue weighted by Crippen LogP contribution is -2.03. The largest absolute Gasteiger partial charge is 0.325 e. The maximum atomic E-state index is 5.86. The molecule has 0 aliphatic rings. The summed E-state index contributed by atoms with van der Waals surface area (Å²) in [6, 6.07) is 11.7. The second-order valence-corrected chi connectivity index (χ2v) is 4.09. The van der Waals surface area contributed by atoms with Crippen molar-refractivity contribution in [2.75, 3.05) is 0 Å². The van der Waals surface area contributed by atoms with E-state index in [-0.39, 0.29) is 0 Å². The molecule has 0 unspecified atom stereocenters. The maximum Gasteiger partial charge on any atom is 0.0620 e. The first-order chi connectivity index (χ1) is 7.70. The average Bonchev–Trinajstić information content (AvgIpc) is 2.30. The van der Waals surface area contributed by atoms with Crippen LogP contribution in [0.2, 0.25) is 5.02 Å². The van der Waals surface area contributed by atoms with Gasteiger partial charge in [-0.15, -0.1) is 0 Å². The zero-order valence-electron chi connectivity index (χ0n) is 9.07. The Kier molecular flexibility index (Phi) is 3.22. The number of halogens is 1. The van der Waals surface area contributed by atoms with E-state index < -0.39 is 0 Å². The molecule has 0 fully saturated rings. The summed E-state index contributed by atoms with van der Waals surface area (Å²) in [5, 5.41) is 0.734. The summed E-state index contributed by atoms with van der Waals surface area (Å²) >= 11 is 5.86. The van der Waals surface area contributed by atoms with Crippen LogP contribution in [0.1, 0.15) is 11.4 Å². The van der Waals surface area contributed by atoms with Crippen LogP contribution < -0.4 is 5.73 Å². The smallest absolute Gasteiger partial charge is 0.0620 e. The Balaban J connectivity index is 2.51. The predicted molar refractivity (Wildman–Crippen MR) is 67.3 cm³/mol. The first-order valence-corrected chi connectivity index (χ1v) is 5.51. The molecule has 0 aliphatic carbocycles. The van der Waals surface area contributed by atoms with Crippen molar-refractivity contribution in [3.63, 3.8) is 0 Å². The standard InChI is InChI=1S/C13H13ClN2/c1-9-2-7-12(13(8-15)16-9)10-3-5-11(14)6-4-10/h2-7H,8,15H2,1H3. The lowest BCUT2D eigenvalue weighted by atomic mass is 10.0. The maximum absolute atomic E-state index is 5.86. The first-order valence-electron chi connectivity index (χ1n) is 5.13. The SMILES string of the molecule is Cc1ccc(-c2ccc(Cl)cc2)c(CN)n1. The zero-order valence-corrected chi connectivity index (χ0v) is 9.83. The van der Waals surface area contributed by atoms with Gasteiger partial charge in [-0.1, -0.05) is 29.8 Å². The average molecular weight is 233 g/mol. The molecule has 16 heavy (non-hydrogen) atoms. The van der Waals surface area contributed by atoms with Crippen molar-refractivity contribution in [2.24, 2.45) is 5.73 Å². The van der Waals surface area contributed by atoms with Gasteiger partial charge in [0.2, 0.25) is 0 Å². The molecule has 0 bridgehead atoms. The molecule has 0 saturated carbocycles. The van der Waals surface area contributed by atoms with Gasteiger partial charge in [0.05, 0.1) is 5.69 Å². The van der Waals surface area contributed by atoms with Gasteiger partial charge in [-0.25, -0.2) is 0 Å².